The van der Waals surface area contributed by atoms with Crippen molar-refractivity contribution in [2.24, 2.45) is 0 Å². The van der Waals surface area contributed by atoms with Gasteiger partial charge in [-0.1, -0.05) is 0 Å². The maximum Gasteiger partial charge on any atom is 0.331 e. The fraction of sp³-hybridized carbons (Fsp3) is 0.737. The van der Waals surface area contributed by atoms with Gasteiger partial charge in [-0.25, -0.2) is 4.79 Å². The van der Waals surface area contributed by atoms with Gasteiger partial charge in [0.25, 0.3) is 0 Å². The molecule has 1 unspecified atom stereocenters. The number of carbonyl (C=O) groups is 5. The van der Waals surface area contributed by atoms with Crippen molar-refractivity contribution in [1.29, 1.82) is 0 Å². The second kappa shape index (κ2) is 12.4. The third-order valence-electron chi connectivity index (χ3n) is 5.50. The molecule has 2 saturated heterocycles. The maximum absolute atomic E-state index is 12.3. The van der Waals surface area contributed by atoms with E-state index < -0.39 is 35.9 Å². The molecule has 0 aromatic heterocycles. The van der Waals surface area contributed by atoms with Gasteiger partial charge < -0.3 is 20.1 Å². The van der Waals surface area contributed by atoms with E-state index in [-0.39, 0.29) is 32.5 Å². The molecule has 2 aliphatic rings. The summed E-state index contributed by atoms with van der Waals surface area (Å²) in [5.41, 5.74) is 0. The fourth-order valence-electron chi connectivity index (χ4n) is 3.85. The predicted molar refractivity (Wildman–Crippen MR) is 108 cm³/mol. The minimum absolute atomic E-state index is 0.0920. The molecule has 0 radical (unpaired) electrons. The van der Waals surface area contributed by atoms with Crippen molar-refractivity contribution >= 4 is 29.8 Å². The Hall–Kier alpha value is -2.61. The molecule has 13 heteroatoms. The van der Waals surface area contributed by atoms with Gasteiger partial charge >= 0.3 is 29.8 Å². The van der Waals surface area contributed by atoms with Gasteiger partial charge in [-0.05, 0) is 6.42 Å². The Morgan fingerprint density at radius 2 is 1.09 bits per heavy atom. The van der Waals surface area contributed by atoms with Crippen LogP contribution in [0.1, 0.15) is 12.8 Å². The zero-order valence-corrected chi connectivity index (χ0v) is 17.8. The topological polar surface area (TPSA) is 168 Å². The van der Waals surface area contributed by atoms with E-state index in [0.29, 0.717) is 52.4 Å². The Labute approximate surface area is 185 Å². The Morgan fingerprint density at radius 3 is 1.44 bits per heavy atom. The molecule has 32 heavy (non-hydrogen) atoms. The van der Waals surface area contributed by atoms with Gasteiger partial charge in [0.05, 0.1) is 19.6 Å². The van der Waals surface area contributed by atoms with Crippen LogP contribution >= 0.6 is 0 Å². The van der Waals surface area contributed by atoms with Crippen LogP contribution in [0, 0.1) is 0 Å². The molecule has 2 aliphatic heterocycles. The molecule has 2 heterocycles. The molecule has 0 bridgehead atoms. The Morgan fingerprint density at radius 1 is 0.719 bits per heavy atom. The lowest BCUT2D eigenvalue weighted by Crippen LogP contribution is -2.53. The van der Waals surface area contributed by atoms with Crippen LogP contribution in [-0.4, -0.2) is 143 Å². The standard InChI is InChI=1S/C19H30N4O9/c24-15(25)11-20-3-5-21(12-16(26)27)7-9-23(14-1-2-18(30)32-19(14)31)10-8-22(6-4-20)13-17(28)29/h14H,1-13H2,(H,24,25)(H,26,27)(H,28,29). The molecule has 0 aromatic rings. The van der Waals surface area contributed by atoms with E-state index in [1.54, 1.807) is 19.6 Å². The Kier molecular flexibility index (Phi) is 9.97. The van der Waals surface area contributed by atoms with Crippen LogP contribution in [0.3, 0.4) is 0 Å². The summed E-state index contributed by atoms with van der Waals surface area (Å²) < 4.78 is 4.76. The highest BCUT2D eigenvalue weighted by Crippen LogP contribution is 2.16. The SMILES string of the molecule is O=C(O)CN1CCN(CC(=O)O)CCN(C2CCC(=O)OC2=O)CCN(CC(=O)O)CC1. The first-order valence-corrected chi connectivity index (χ1v) is 10.4. The molecule has 0 aliphatic carbocycles. The lowest BCUT2D eigenvalue weighted by atomic mass is 10.1. The number of carbonyl (C=O) groups excluding carboxylic acids is 2. The van der Waals surface area contributed by atoms with E-state index in [4.69, 9.17) is 9.84 Å². The lowest BCUT2D eigenvalue weighted by molar-refractivity contribution is -0.169. The van der Waals surface area contributed by atoms with Gasteiger partial charge in [-0.2, -0.15) is 0 Å². The number of rotatable bonds is 7. The smallest absolute Gasteiger partial charge is 0.331 e. The van der Waals surface area contributed by atoms with Crippen LogP contribution in [0.2, 0.25) is 0 Å². The van der Waals surface area contributed by atoms with E-state index in [2.05, 4.69) is 0 Å². The number of ether oxygens (including phenoxy) is 1. The average molecular weight is 458 g/mol. The summed E-state index contributed by atoms with van der Waals surface area (Å²) in [6, 6.07) is -0.669. The van der Waals surface area contributed by atoms with Crippen molar-refractivity contribution in [2.75, 3.05) is 72.0 Å². The van der Waals surface area contributed by atoms with Crippen LogP contribution in [0.4, 0.5) is 0 Å². The van der Waals surface area contributed by atoms with Crippen LogP contribution in [0.25, 0.3) is 0 Å². The number of cyclic esters (lactones) is 2. The quantitative estimate of drug-likeness (QED) is 0.275. The van der Waals surface area contributed by atoms with Crippen LogP contribution in [0.15, 0.2) is 0 Å². The number of esters is 2. The Bertz CT molecular complexity index is 685. The van der Waals surface area contributed by atoms with Crippen LogP contribution < -0.4 is 0 Å². The summed E-state index contributed by atoms with van der Waals surface area (Å²) in [6.07, 6.45) is 0.372. The van der Waals surface area contributed by atoms with E-state index in [1.165, 1.54) is 0 Å². The first-order chi connectivity index (χ1) is 15.1. The second-order valence-corrected chi connectivity index (χ2v) is 7.89. The van der Waals surface area contributed by atoms with Gasteiger partial charge in [0, 0.05) is 58.8 Å². The zero-order valence-electron chi connectivity index (χ0n) is 17.8. The molecule has 13 nitrogen and oxygen atoms in total. The summed E-state index contributed by atoms with van der Waals surface area (Å²) in [5.74, 6) is -4.31. The molecular formula is C19H30N4O9. The average Bonchev–Trinajstić information content (AvgIpc) is 2.67. The van der Waals surface area contributed by atoms with Crippen molar-refractivity contribution in [3.8, 4) is 0 Å². The highest BCUT2D eigenvalue weighted by molar-refractivity contribution is 5.91. The summed E-state index contributed by atoms with van der Waals surface area (Å²) in [4.78, 5) is 64.2. The summed E-state index contributed by atoms with van der Waals surface area (Å²) >= 11 is 0. The number of hydrogen-bond donors (Lipinski definition) is 3. The monoisotopic (exact) mass is 458 g/mol. The molecule has 0 amide bonds. The molecule has 2 rings (SSSR count). The summed E-state index contributed by atoms with van der Waals surface area (Å²) in [5, 5.41) is 27.6. The maximum atomic E-state index is 12.3. The lowest BCUT2D eigenvalue weighted by Gasteiger charge is -2.36. The normalized spacial score (nSPS) is 23.7. The van der Waals surface area contributed by atoms with Crippen molar-refractivity contribution in [3.05, 3.63) is 0 Å². The first-order valence-electron chi connectivity index (χ1n) is 10.4. The van der Waals surface area contributed by atoms with Crippen molar-refractivity contribution < 1.29 is 44.0 Å². The van der Waals surface area contributed by atoms with Crippen LogP contribution in [-0.2, 0) is 28.7 Å². The molecule has 0 aromatic carbocycles. The largest absolute Gasteiger partial charge is 0.480 e. The number of carboxylic acids is 3. The van der Waals surface area contributed by atoms with Gasteiger partial charge in [0.2, 0.25) is 0 Å². The molecule has 1 atom stereocenters. The van der Waals surface area contributed by atoms with E-state index in [0.717, 1.165) is 0 Å². The van der Waals surface area contributed by atoms with Gasteiger partial charge in [0.1, 0.15) is 6.04 Å². The van der Waals surface area contributed by atoms with Crippen molar-refractivity contribution in [3.63, 3.8) is 0 Å². The number of carboxylic acid groups (broad SMARTS) is 3. The van der Waals surface area contributed by atoms with Crippen molar-refractivity contribution in [2.45, 2.75) is 18.9 Å². The highest BCUT2D eigenvalue weighted by Gasteiger charge is 2.34. The van der Waals surface area contributed by atoms with Crippen LogP contribution in [0.5, 0.6) is 0 Å². The number of nitrogens with zero attached hydrogens (tertiary/aromatic N) is 4. The van der Waals surface area contributed by atoms with Gasteiger partial charge in [-0.15, -0.1) is 0 Å². The molecule has 0 saturated carbocycles. The summed E-state index contributed by atoms with van der Waals surface area (Å²) in [6.45, 7) is 1.65. The third kappa shape index (κ3) is 8.86. The second-order valence-electron chi connectivity index (χ2n) is 7.89. The number of aliphatic carboxylic acids is 3. The van der Waals surface area contributed by atoms with Crippen molar-refractivity contribution in [1.82, 2.24) is 19.6 Å². The summed E-state index contributed by atoms with van der Waals surface area (Å²) in [7, 11) is 0. The molecule has 180 valence electrons. The first kappa shape index (κ1) is 25.6. The van der Waals surface area contributed by atoms with Gasteiger partial charge in [-0.3, -0.25) is 38.8 Å². The van der Waals surface area contributed by atoms with E-state index in [9.17, 15) is 34.2 Å². The third-order valence-corrected chi connectivity index (χ3v) is 5.50. The van der Waals surface area contributed by atoms with E-state index in [1.807, 2.05) is 0 Å². The minimum atomic E-state index is -1.02. The molecule has 2 fully saturated rings. The van der Waals surface area contributed by atoms with Gasteiger partial charge in [0.15, 0.2) is 0 Å². The predicted octanol–water partition coefficient (Wildman–Crippen LogP) is -2.31. The number of hydrogen-bond acceptors (Lipinski definition) is 10. The Balaban J connectivity index is 2.18. The minimum Gasteiger partial charge on any atom is -0.480 e. The zero-order chi connectivity index (χ0) is 23.7. The fourth-order valence-corrected chi connectivity index (χ4v) is 3.85. The molecule has 3 N–H and O–H groups in total. The molecular weight excluding hydrogens is 428 g/mol. The van der Waals surface area contributed by atoms with E-state index >= 15 is 0 Å². The highest BCUT2D eigenvalue weighted by atomic mass is 16.6. The molecule has 0 spiro atoms.